The first-order chi connectivity index (χ1) is 10.1. The second-order valence-electron chi connectivity index (χ2n) is 6.68. The molecule has 4 nitrogen and oxygen atoms in total. The summed E-state index contributed by atoms with van der Waals surface area (Å²) in [5, 5.41) is 0. The Bertz CT molecular complexity index is 475. The van der Waals surface area contributed by atoms with Crippen molar-refractivity contribution >= 4 is 5.91 Å². The zero-order chi connectivity index (χ0) is 14.8. The maximum atomic E-state index is 12.4. The molecule has 2 saturated heterocycles. The number of fused-ring (bicyclic) bond motifs is 2. The van der Waals surface area contributed by atoms with Crippen molar-refractivity contribution in [2.45, 2.75) is 64.1 Å². The highest BCUT2D eigenvalue weighted by atomic mass is 16.5. The molecule has 0 N–H and O–H groups in total. The van der Waals surface area contributed by atoms with Crippen LogP contribution >= 0.6 is 0 Å². The van der Waals surface area contributed by atoms with Gasteiger partial charge < -0.3 is 9.64 Å². The Morgan fingerprint density at radius 1 is 1.29 bits per heavy atom. The van der Waals surface area contributed by atoms with Gasteiger partial charge in [-0.2, -0.15) is 0 Å². The number of aromatic nitrogens is 1. The van der Waals surface area contributed by atoms with Crippen LogP contribution < -0.4 is 4.74 Å². The highest BCUT2D eigenvalue weighted by Crippen LogP contribution is 2.37. The summed E-state index contributed by atoms with van der Waals surface area (Å²) in [5.41, 5.74) is 0. The third-order valence-electron chi connectivity index (χ3n) is 4.51. The van der Waals surface area contributed by atoms with Gasteiger partial charge >= 0.3 is 0 Å². The fraction of sp³-hybridized carbons (Fsp3) is 0.647. The number of rotatable bonds is 4. The summed E-state index contributed by atoms with van der Waals surface area (Å²) in [7, 11) is 0. The smallest absolute Gasteiger partial charge is 0.223 e. The molecule has 0 radical (unpaired) electrons. The van der Waals surface area contributed by atoms with Gasteiger partial charge in [-0.25, -0.2) is 0 Å². The normalized spacial score (nSPS) is 28.0. The molecule has 2 unspecified atom stereocenters. The molecule has 2 aliphatic rings. The molecule has 1 amide bonds. The van der Waals surface area contributed by atoms with Crippen molar-refractivity contribution in [3.63, 3.8) is 0 Å². The SMILES string of the molecule is CC(C)CC(=O)N1C2CCC1CC(Oc1ccncc1)C2. The zero-order valence-electron chi connectivity index (χ0n) is 12.9. The van der Waals surface area contributed by atoms with Gasteiger partial charge in [-0.05, 0) is 30.9 Å². The lowest BCUT2D eigenvalue weighted by molar-refractivity contribution is -0.137. The van der Waals surface area contributed by atoms with E-state index < -0.39 is 0 Å². The van der Waals surface area contributed by atoms with E-state index in [1.54, 1.807) is 12.4 Å². The maximum absolute atomic E-state index is 12.4. The molecular weight excluding hydrogens is 264 g/mol. The molecule has 2 fully saturated rings. The molecular formula is C17H24N2O2. The van der Waals surface area contributed by atoms with Crippen molar-refractivity contribution in [3.05, 3.63) is 24.5 Å². The number of carbonyl (C=O) groups excluding carboxylic acids is 1. The molecule has 2 bridgehead atoms. The van der Waals surface area contributed by atoms with E-state index in [-0.39, 0.29) is 6.10 Å². The highest BCUT2D eigenvalue weighted by Gasteiger charge is 2.43. The van der Waals surface area contributed by atoms with Crippen molar-refractivity contribution < 1.29 is 9.53 Å². The first-order valence-corrected chi connectivity index (χ1v) is 8.01. The van der Waals surface area contributed by atoms with Crippen LogP contribution in [0.3, 0.4) is 0 Å². The third-order valence-corrected chi connectivity index (χ3v) is 4.51. The lowest BCUT2D eigenvalue weighted by Crippen LogP contribution is -2.49. The standard InChI is InChI=1S/C17H24N2O2/c1-12(2)9-17(20)19-13-3-4-14(19)11-16(10-13)21-15-5-7-18-8-6-15/h5-8,12-14,16H,3-4,9-11H2,1-2H3. The highest BCUT2D eigenvalue weighted by molar-refractivity contribution is 5.77. The van der Waals surface area contributed by atoms with Crippen molar-refractivity contribution in [2.24, 2.45) is 5.92 Å². The van der Waals surface area contributed by atoms with Crippen LogP contribution in [0.2, 0.25) is 0 Å². The van der Waals surface area contributed by atoms with E-state index in [0.29, 0.717) is 30.3 Å². The number of hydrogen-bond donors (Lipinski definition) is 0. The average molecular weight is 288 g/mol. The van der Waals surface area contributed by atoms with Gasteiger partial charge in [0.2, 0.25) is 5.91 Å². The van der Waals surface area contributed by atoms with E-state index in [9.17, 15) is 4.79 Å². The summed E-state index contributed by atoms with van der Waals surface area (Å²) < 4.78 is 6.07. The summed E-state index contributed by atoms with van der Waals surface area (Å²) in [4.78, 5) is 18.6. The largest absolute Gasteiger partial charge is 0.490 e. The lowest BCUT2D eigenvalue weighted by atomic mass is 9.98. The minimum atomic E-state index is 0.230. The van der Waals surface area contributed by atoms with Gasteiger partial charge in [0.05, 0.1) is 0 Å². The van der Waals surface area contributed by atoms with E-state index in [0.717, 1.165) is 31.4 Å². The molecule has 3 heterocycles. The fourth-order valence-electron chi connectivity index (χ4n) is 3.69. The minimum absolute atomic E-state index is 0.230. The van der Waals surface area contributed by atoms with Crippen LogP contribution in [0.15, 0.2) is 24.5 Å². The third kappa shape index (κ3) is 3.20. The summed E-state index contributed by atoms with van der Waals surface area (Å²) in [6, 6.07) is 4.56. The van der Waals surface area contributed by atoms with E-state index in [1.165, 1.54) is 0 Å². The summed E-state index contributed by atoms with van der Waals surface area (Å²) in [6.07, 6.45) is 8.59. The maximum Gasteiger partial charge on any atom is 0.223 e. The Hall–Kier alpha value is -1.58. The van der Waals surface area contributed by atoms with Crippen molar-refractivity contribution in [1.82, 2.24) is 9.88 Å². The first kappa shape index (κ1) is 14.4. The Labute approximate surface area is 126 Å². The second-order valence-corrected chi connectivity index (χ2v) is 6.68. The number of nitrogens with zero attached hydrogens (tertiary/aromatic N) is 2. The molecule has 114 valence electrons. The van der Waals surface area contributed by atoms with Crippen LogP contribution in [0.4, 0.5) is 0 Å². The van der Waals surface area contributed by atoms with Crippen LogP contribution in [-0.2, 0) is 4.79 Å². The number of hydrogen-bond acceptors (Lipinski definition) is 3. The molecule has 1 aromatic rings. The number of pyridine rings is 1. The number of piperidine rings is 1. The Morgan fingerprint density at radius 3 is 2.48 bits per heavy atom. The summed E-state index contributed by atoms with van der Waals surface area (Å²) in [6.45, 7) is 4.22. The van der Waals surface area contributed by atoms with E-state index in [2.05, 4.69) is 23.7 Å². The van der Waals surface area contributed by atoms with Gasteiger partial charge in [-0.15, -0.1) is 0 Å². The zero-order valence-corrected chi connectivity index (χ0v) is 12.9. The van der Waals surface area contributed by atoms with Crippen molar-refractivity contribution in [1.29, 1.82) is 0 Å². The van der Waals surface area contributed by atoms with Gasteiger partial charge in [0, 0.05) is 43.7 Å². The predicted octanol–water partition coefficient (Wildman–Crippen LogP) is 3.03. The molecule has 0 aliphatic carbocycles. The van der Waals surface area contributed by atoms with Crippen LogP contribution in [0.25, 0.3) is 0 Å². The van der Waals surface area contributed by atoms with Crippen molar-refractivity contribution in [3.8, 4) is 5.75 Å². The monoisotopic (exact) mass is 288 g/mol. The average Bonchev–Trinajstić information content (AvgIpc) is 2.71. The predicted molar refractivity (Wildman–Crippen MR) is 81.0 cm³/mol. The number of carbonyl (C=O) groups is 1. The molecule has 2 aliphatic heterocycles. The molecule has 3 rings (SSSR count). The summed E-state index contributed by atoms with van der Waals surface area (Å²) in [5.74, 6) is 1.65. The first-order valence-electron chi connectivity index (χ1n) is 8.01. The number of amides is 1. The van der Waals surface area contributed by atoms with Crippen molar-refractivity contribution in [2.75, 3.05) is 0 Å². The molecule has 4 heteroatoms. The Morgan fingerprint density at radius 2 is 1.90 bits per heavy atom. The molecule has 0 spiro atoms. The van der Waals surface area contributed by atoms with Gasteiger partial charge in [-0.3, -0.25) is 9.78 Å². The minimum Gasteiger partial charge on any atom is -0.490 e. The van der Waals surface area contributed by atoms with E-state index in [4.69, 9.17) is 4.74 Å². The molecule has 21 heavy (non-hydrogen) atoms. The van der Waals surface area contributed by atoms with Crippen LogP contribution in [0, 0.1) is 5.92 Å². The van der Waals surface area contributed by atoms with Crippen LogP contribution in [0.5, 0.6) is 5.75 Å². The van der Waals surface area contributed by atoms with Gasteiger partial charge in [0.25, 0.3) is 0 Å². The molecule has 0 saturated carbocycles. The molecule has 1 aromatic heterocycles. The number of ether oxygens (including phenoxy) is 1. The second kappa shape index (κ2) is 6.04. The molecule has 0 aromatic carbocycles. The van der Waals surface area contributed by atoms with E-state index >= 15 is 0 Å². The van der Waals surface area contributed by atoms with E-state index in [1.807, 2.05) is 12.1 Å². The fourth-order valence-corrected chi connectivity index (χ4v) is 3.69. The van der Waals surface area contributed by atoms with Gasteiger partial charge in [0.1, 0.15) is 11.9 Å². The summed E-state index contributed by atoms with van der Waals surface area (Å²) >= 11 is 0. The quantitative estimate of drug-likeness (QED) is 0.855. The van der Waals surface area contributed by atoms with Gasteiger partial charge in [-0.1, -0.05) is 13.8 Å². The topological polar surface area (TPSA) is 42.4 Å². The lowest BCUT2D eigenvalue weighted by Gasteiger charge is -2.39. The Balaban J connectivity index is 1.62. The van der Waals surface area contributed by atoms with Crippen LogP contribution in [-0.4, -0.2) is 34.0 Å². The van der Waals surface area contributed by atoms with Gasteiger partial charge in [0.15, 0.2) is 0 Å². The molecule has 2 atom stereocenters. The Kier molecular flexibility index (Phi) is 4.13. The van der Waals surface area contributed by atoms with Crippen LogP contribution in [0.1, 0.15) is 46.0 Å².